The van der Waals surface area contributed by atoms with Crippen molar-refractivity contribution in [1.82, 2.24) is 5.32 Å². The van der Waals surface area contributed by atoms with Gasteiger partial charge in [-0.25, -0.2) is 0 Å². The summed E-state index contributed by atoms with van der Waals surface area (Å²) >= 11 is 5.19. The number of nitrogens with one attached hydrogen (secondary N) is 1. The average Bonchev–Trinajstić information content (AvgIpc) is 3.01. The number of benzene rings is 1. The molecule has 0 bridgehead atoms. The molecule has 5 heteroatoms. The van der Waals surface area contributed by atoms with Crippen molar-refractivity contribution >= 4 is 28.9 Å². The molecule has 106 valence electrons. The molecule has 1 aromatic carbocycles. The standard InChI is InChI=1S/C15H18N2O2S/c1-10-14(18)17(15(20)16-10)11-6-8-13(9-7-11)19-12-4-2-3-5-12/h6-10,12H,2-5H2,1H3,(H,16,20)/t10-/m1/s1. The molecule has 1 aliphatic carbocycles. The van der Waals surface area contributed by atoms with Crippen LogP contribution >= 0.6 is 12.2 Å². The van der Waals surface area contributed by atoms with Gasteiger partial charge in [0, 0.05) is 0 Å². The fraction of sp³-hybridized carbons (Fsp3) is 0.467. The molecule has 3 rings (SSSR count). The van der Waals surface area contributed by atoms with E-state index in [0.29, 0.717) is 11.2 Å². The van der Waals surface area contributed by atoms with Crippen molar-refractivity contribution in [3.05, 3.63) is 24.3 Å². The number of ether oxygens (including phenoxy) is 1. The van der Waals surface area contributed by atoms with Gasteiger partial charge in [0.1, 0.15) is 11.8 Å². The van der Waals surface area contributed by atoms with Gasteiger partial charge in [0.2, 0.25) is 0 Å². The summed E-state index contributed by atoms with van der Waals surface area (Å²) in [6, 6.07) is 7.33. The number of hydrogen-bond donors (Lipinski definition) is 1. The highest BCUT2D eigenvalue weighted by atomic mass is 32.1. The van der Waals surface area contributed by atoms with Gasteiger partial charge in [-0.3, -0.25) is 9.69 Å². The Morgan fingerprint density at radius 3 is 2.45 bits per heavy atom. The summed E-state index contributed by atoms with van der Waals surface area (Å²) in [5.74, 6) is 0.846. The molecule has 0 aromatic heterocycles. The summed E-state index contributed by atoms with van der Waals surface area (Å²) in [6.07, 6.45) is 5.12. The third-order valence-corrected chi connectivity index (χ3v) is 4.13. The molecule has 0 unspecified atom stereocenters. The summed E-state index contributed by atoms with van der Waals surface area (Å²) in [5.41, 5.74) is 0.788. The first kappa shape index (κ1) is 13.4. The zero-order valence-electron chi connectivity index (χ0n) is 11.5. The van der Waals surface area contributed by atoms with E-state index in [9.17, 15) is 4.79 Å². The SMILES string of the molecule is C[C@H]1NC(=S)N(c2ccc(OC3CCCC3)cc2)C1=O. The maximum atomic E-state index is 12.0. The van der Waals surface area contributed by atoms with Crippen LogP contribution in [0.5, 0.6) is 5.75 Å². The van der Waals surface area contributed by atoms with Crippen molar-refractivity contribution in [1.29, 1.82) is 0 Å². The summed E-state index contributed by atoms with van der Waals surface area (Å²) in [7, 11) is 0. The van der Waals surface area contributed by atoms with Gasteiger partial charge in [0.05, 0.1) is 11.8 Å². The Morgan fingerprint density at radius 2 is 1.90 bits per heavy atom. The molecule has 1 amide bonds. The van der Waals surface area contributed by atoms with E-state index in [1.165, 1.54) is 12.8 Å². The summed E-state index contributed by atoms with van der Waals surface area (Å²) in [4.78, 5) is 13.6. The van der Waals surface area contributed by atoms with Crippen LogP contribution in [0, 0.1) is 0 Å². The Bertz CT molecular complexity index is 523. The minimum Gasteiger partial charge on any atom is -0.490 e. The molecule has 2 aliphatic rings. The molecular weight excluding hydrogens is 272 g/mol. The van der Waals surface area contributed by atoms with Gasteiger partial charge in [0.25, 0.3) is 5.91 Å². The minimum atomic E-state index is -0.253. The van der Waals surface area contributed by atoms with Crippen LogP contribution < -0.4 is 15.0 Å². The second-order valence-corrected chi connectivity index (χ2v) is 5.75. The monoisotopic (exact) mass is 290 g/mol. The molecule has 0 radical (unpaired) electrons. The van der Waals surface area contributed by atoms with Gasteiger partial charge >= 0.3 is 0 Å². The molecular formula is C15H18N2O2S. The third kappa shape index (κ3) is 2.50. The molecule has 1 heterocycles. The van der Waals surface area contributed by atoms with Gasteiger partial charge in [-0.1, -0.05) is 0 Å². The Kier molecular flexibility index (Phi) is 3.61. The average molecular weight is 290 g/mol. The first-order valence-corrected chi connectivity index (χ1v) is 7.47. The number of rotatable bonds is 3. The van der Waals surface area contributed by atoms with Crippen LogP contribution in [0.15, 0.2) is 24.3 Å². The second-order valence-electron chi connectivity index (χ2n) is 5.36. The molecule has 2 fully saturated rings. The normalized spacial score (nSPS) is 23.2. The van der Waals surface area contributed by atoms with Crippen LogP contribution in [-0.2, 0) is 4.79 Å². The first-order valence-electron chi connectivity index (χ1n) is 7.06. The number of hydrogen-bond acceptors (Lipinski definition) is 3. The van der Waals surface area contributed by atoms with Gasteiger partial charge < -0.3 is 10.1 Å². The van der Waals surface area contributed by atoms with Gasteiger partial charge in [-0.05, 0) is 69.1 Å². The van der Waals surface area contributed by atoms with E-state index in [0.717, 1.165) is 24.3 Å². The van der Waals surface area contributed by atoms with Crippen LogP contribution in [0.1, 0.15) is 32.6 Å². The molecule has 20 heavy (non-hydrogen) atoms. The molecule has 0 spiro atoms. The fourth-order valence-corrected chi connectivity index (χ4v) is 3.09. The number of thiocarbonyl (C=S) groups is 1. The lowest BCUT2D eigenvalue weighted by atomic mass is 10.2. The third-order valence-electron chi connectivity index (χ3n) is 3.83. The number of carbonyl (C=O) groups is 1. The maximum Gasteiger partial charge on any atom is 0.255 e. The fourth-order valence-electron chi connectivity index (χ4n) is 2.72. The molecule has 1 aromatic rings. The van der Waals surface area contributed by atoms with Gasteiger partial charge in [-0.15, -0.1) is 0 Å². The summed E-state index contributed by atoms with van der Waals surface area (Å²) < 4.78 is 5.92. The van der Waals surface area contributed by atoms with Crippen molar-refractivity contribution in [2.24, 2.45) is 0 Å². The topological polar surface area (TPSA) is 41.6 Å². The minimum absolute atomic E-state index is 0.0144. The van der Waals surface area contributed by atoms with Crippen molar-refractivity contribution in [3.8, 4) is 5.75 Å². The number of amides is 1. The Morgan fingerprint density at radius 1 is 1.25 bits per heavy atom. The molecule has 1 saturated carbocycles. The van der Waals surface area contributed by atoms with E-state index in [2.05, 4.69) is 5.32 Å². The number of anilines is 1. The Hall–Kier alpha value is -1.62. The van der Waals surface area contributed by atoms with E-state index in [-0.39, 0.29) is 11.9 Å². The Balaban J connectivity index is 1.72. The zero-order valence-corrected chi connectivity index (χ0v) is 12.3. The highest BCUT2D eigenvalue weighted by Crippen LogP contribution is 2.27. The predicted molar refractivity (Wildman–Crippen MR) is 82.0 cm³/mol. The van der Waals surface area contributed by atoms with Gasteiger partial charge in [0.15, 0.2) is 5.11 Å². The van der Waals surface area contributed by atoms with E-state index in [1.807, 2.05) is 31.2 Å². The van der Waals surface area contributed by atoms with E-state index < -0.39 is 0 Å². The largest absolute Gasteiger partial charge is 0.490 e. The summed E-state index contributed by atoms with van der Waals surface area (Å²) in [5, 5.41) is 3.43. The van der Waals surface area contributed by atoms with Crippen molar-refractivity contribution in [2.75, 3.05) is 4.90 Å². The van der Waals surface area contributed by atoms with Crippen LogP contribution in [0.2, 0.25) is 0 Å². The molecule has 4 nitrogen and oxygen atoms in total. The van der Waals surface area contributed by atoms with Gasteiger partial charge in [-0.2, -0.15) is 0 Å². The lowest BCUT2D eigenvalue weighted by Crippen LogP contribution is -2.30. The van der Waals surface area contributed by atoms with Crippen LogP contribution in [0.3, 0.4) is 0 Å². The molecule has 1 aliphatic heterocycles. The highest BCUT2D eigenvalue weighted by Gasteiger charge is 2.33. The second kappa shape index (κ2) is 5.40. The Labute approximate surface area is 124 Å². The quantitative estimate of drug-likeness (QED) is 0.869. The maximum absolute atomic E-state index is 12.0. The first-order chi connectivity index (χ1) is 9.65. The lowest BCUT2D eigenvalue weighted by molar-refractivity contribution is -0.117. The van der Waals surface area contributed by atoms with Crippen molar-refractivity contribution in [2.45, 2.75) is 44.8 Å². The smallest absolute Gasteiger partial charge is 0.255 e. The predicted octanol–water partition coefficient (Wildman–Crippen LogP) is 2.62. The van der Waals surface area contributed by atoms with Crippen molar-refractivity contribution < 1.29 is 9.53 Å². The highest BCUT2D eigenvalue weighted by molar-refractivity contribution is 7.80. The molecule has 1 atom stereocenters. The summed E-state index contributed by atoms with van der Waals surface area (Å²) in [6.45, 7) is 1.81. The zero-order chi connectivity index (χ0) is 14.1. The lowest BCUT2D eigenvalue weighted by Gasteiger charge is -2.17. The van der Waals surface area contributed by atoms with Crippen LogP contribution in [0.25, 0.3) is 0 Å². The van der Waals surface area contributed by atoms with E-state index in [4.69, 9.17) is 17.0 Å². The number of nitrogens with zero attached hydrogens (tertiary/aromatic N) is 1. The van der Waals surface area contributed by atoms with E-state index in [1.54, 1.807) is 4.90 Å². The molecule has 1 N–H and O–H groups in total. The van der Waals surface area contributed by atoms with Crippen molar-refractivity contribution in [3.63, 3.8) is 0 Å². The van der Waals surface area contributed by atoms with Crippen LogP contribution in [-0.4, -0.2) is 23.2 Å². The molecule has 1 saturated heterocycles. The van der Waals surface area contributed by atoms with Crippen LogP contribution in [0.4, 0.5) is 5.69 Å². The van der Waals surface area contributed by atoms with E-state index >= 15 is 0 Å². The number of carbonyl (C=O) groups excluding carboxylic acids is 1.